The first-order valence-corrected chi connectivity index (χ1v) is 9.43. The third kappa shape index (κ3) is 6.61. The third-order valence-corrected chi connectivity index (χ3v) is 3.94. The highest BCUT2D eigenvalue weighted by molar-refractivity contribution is 5.94. The minimum absolute atomic E-state index is 0.129. The van der Waals surface area contributed by atoms with E-state index in [0.29, 0.717) is 36.8 Å². The molecule has 1 amide bonds. The van der Waals surface area contributed by atoms with Gasteiger partial charge in [-0.05, 0) is 56.8 Å². The monoisotopic (exact) mass is 370 g/mol. The predicted molar refractivity (Wildman–Crippen MR) is 108 cm³/mol. The van der Waals surface area contributed by atoms with Gasteiger partial charge in [0.15, 0.2) is 11.5 Å². The van der Waals surface area contributed by atoms with Crippen LogP contribution in [-0.2, 0) is 13.1 Å². The number of nitrogens with zero attached hydrogens (tertiary/aromatic N) is 1. The second kappa shape index (κ2) is 10.6. The fraction of sp³-hybridized carbons (Fsp3) is 0.409. The number of nitrogens with one attached hydrogen (secondary N) is 1. The first kappa shape index (κ1) is 20.8. The van der Waals surface area contributed by atoms with E-state index in [1.54, 1.807) is 18.2 Å². The molecule has 2 rings (SSSR count). The molecule has 0 fully saturated rings. The van der Waals surface area contributed by atoms with Crippen molar-refractivity contribution >= 4 is 5.91 Å². The first-order chi connectivity index (χ1) is 13.0. The van der Waals surface area contributed by atoms with Crippen LogP contribution in [0.4, 0.5) is 0 Å². The molecule has 146 valence electrons. The first-order valence-electron chi connectivity index (χ1n) is 9.43. The number of amides is 1. The standard InChI is InChI=1S/C22H30N2O3/c1-5-13-27-20-12-11-19(14-21(20)26-6-2)22(25)23-15-17-7-9-18(10-8-17)16-24(3)4/h7-12,14H,5-6,13,15-16H2,1-4H3,(H,23,25). The Kier molecular flexibility index (Phi) is 8.14. The zero-order valence-corrected chi connectivity index (χ0v) is 16.7. The van der Waals surface area contributed by atoms with E-state index in [4.69, 9.17) is 9.47 Å². The van der Waals surface area contributed by atoms with Crippen LogP contribution in [0.3, 0.4) is 0 Å². The molecule has 0 aliphatic heterocycles. The van der Waals surface area contributed by atoms with E-state index < -0.39 is 0 Å². The second-order valence-electron chi connectivity index (χ2n) is 6.68. The van der Waals surface area contributed by atoms with E-state index in [0.717, 1.165) is 18.5 Å². The molecule has 5 heteroatoms. The van der Waals surface area contributed by atoms with Gasteiger partial charge in [0.05, 0.1) is 13.2 Å². The lowest BCUT2D eigenvalue weighted by molar-refractivity contribution is 0.0950. The van der Waals surface area contributed by atoms with Crippen molar-refractivity contribution in [2.45, 2.75) is 33.4 Å². The van der Waals surface area contributed by atoms with Crippen molar-refractivity contribution in [2.24, 2.45) is 0 Å². The van der Waals surface area contributed by atoms with Crippen LogP contribution < -0.4 is 14.8 Å². The highest BCUT2D eigenvalue weighted by Crippen LogP contribution is 2.28. The van der Waals surface area contributed by atoms with Crippen molar-refractivity contribution in [1.29, 1.82) is 0 Å². The van der Waals surface area contributed by atoms with Crippen LogP contribution in [0.5, 0.6) is 11.5 Å². The number of carbonyl (C=O) groups excluding carboxylic acids is 1. The van der Waals surface area contributed by atoms with E-state index in [-0.39, 0.29) is 5.91 Å². The molecule has 5 nitrogen and oxygen atoms in total. The van der Waals surface area contributed by atoms with Crippen LogP contribution in [0, 0.1) is 0 Å². The van der Waals surface area contributed by atoms with Gasteiger partial charge in [0.1, 0.15) is 0 Å². The molecule has 0 unspecified atom stereocenters. The van der Waals surface area contributed by atoms with Gasteiger partial charge in [-0.3, -0.25) is 4.79 Å². The fourth-order valence-electron chi connectivity index (χ4n) is 2.66. The number of carbonyl (C=O) groups is 1. The minimum atomic E-state index is -0.129. The van der Waals surface area contributed by atoms with Crippen LogP contribution in [0.1, 0.15) is 41.8 Å². The quantitative estimate of drug-likeness (QED) is 0.690. The van der Waals surface area contributed by atoms with Gasteiger partial charge in [-0.25, -0.2) is 0 Å². The van der Waals surface area contributed by atoms with Gasteiger partial charge in [0.2, 0.25) is 0 Å². The lowest BCUT2D eigenvalue weighted by atomic mass is 10.1. The Balaban J connectivity index is 1.99. The summed E-state index contributed by atoms with van der Waals surface area (Å²) >= 11 is 0. The SMILES string of the molecule is CCCOc1ccc(C(=O)NCc2ccc(CN(C)C)cc2)cc1OCC. The van der Waals surface area contributed by atoms with E-state index >= 15 is 0 Å². The fourth-order valence-corrected chi connectivity index (χ4v) is 2.66. The Bertz CT molecular complexity index is 727. The zero-order chi connectivity index (χ0) is 19.6. The summed E-state index contributed by atoms with van der Waals surface area (Å²) in [7, 11) is 4.09. The van der Waals surface area contributed by atoms with Gasteiger partial charge < -0.3 is 19.7 Å². The molecule has 0 heterocycles. The molecule has 27 heavy (non-hydrogen) atoms. The number of hydrogen-bond acceptors (Lipinski definition) is 4. The van der Waals surface area contributed by atoms with Crippen LogP contribution in [0.25, 0.3) is 0 Å². The highest BCUT2D eigenvalue weighted by Gasteiger charge is 2.11. The van der Waals surface area contributed by atoms with Crippen LogP contribution in [0.2, 0.25) is 0 Å². The zero-order valence-electron chi connectivity index (χ0n) is 16.7. The number of rotatable bonds is 10. The molecule has 1 N–H and O–H groups in total. The van der Waals surface area contributed by atoms with Gasteiger partial charge in [-0.15, -0.1) is 0 Å². The van der Waals surface area contributed by atoms with Crippen LogP contribution >= 0.6 is 0 Å². The average molecular weight is 370 g/mol. The van der Waals surface area contributed by atoms with Gasteiger partial charge >= 0.3 is 0 Å². The number of ether oxygens (including phenoxy) is 2. The topological polar surface area (TPSA) is 50.8 Å². The van der Waals surface area contributed by atoms with Crippen molar-refractivity contribution in [3.05, 3.63) is 59.2 Å². The Labute approximate surface area is 162 Å². The summed E-state index contributed by atoms with van der Waals surface area (Å²) in [5.41, 5.74) is 2.88. The summed E-state index contributed by atoms with van der Waals surface area (Å²) in [5, 5.41) is 2.96. The Hall–Kier alpha value is -2.53. The van der Waals surface area contributed by atoms with E-state index in [1.807, 2.05) is 33.2 Å². The summed E-state index contributed by atoms with van der Waals surface area (Å²) in [6.45, 7) is 6.49. The summed E-state index contributed by atoms with van der Waals surface area (Å²) in [6, 6.07) is 13.6. The van der Waals surface area contributed by atoms with E-state index in [1.165, 1.54) is 5.56 Å². The predicted octanol–water partition coefficient (Wildman–Crippen LogP) is 3.87. The van der Waals surface area contributed by atoms with Gasteiger partial charge in [-0.2, -0.15) is 0 Å². The van der Waals surface area contributed by atoms with Crippen molar-refractivity contribution in [3.63, 3.8) is 0 Å². The van der Waals surface area contributed by atoms with Crippen LogP contribution in [-0.4, -0.2) is 38.1 Å². The van der Waals surface area contributed by atoms with E-state index in [9.17, 15) is 4.79 Å². The minimum Gasteiger partial charge on any atom is -0.490 e. The number of benzene rings is 2. The molecule has 0 saturated carbocycles. The Morgan fingerprint density at radius 2 is 1.67 bits per heavy atom. The molecular formula is C22H30N2O3. The second-order valence-corrected chi connectivity index (χ2v) is 6.68. The molecule has 0 atom stereocenters. The van der Waals surface area contributed by atoms with Gasteiger partial charge in [0.25, 0.3) is 5.91 Å². The Morgan fingerprint density at radius 3 is 2.30 bits per heavy atom. The normalized spacial score (nSPS) is 10.7. The summed E-state index contributed by atoms with van der Waals surface area (Å²) in [6.07, 6.45) is 0.918. The molecule has 2 aromatic carbocycles. The van der Waals surface area contributed by atoms with Gasteiger partial charge in [0, 0.05) is 18.7 Å². The van der Waals surface area contributed by atoms with Gasteiger partial charge in [-0.1, -0.05) is 31.2 Å². The summed E-state index contributed by atoms with van der Waals surface area (Å²) in [5.74, 6) is 1.15. The van der Waals surface area contributed by atoms with Crippen molar-refractivity contribution in [2.75, 3.05) is 27.3 Å². The summed E-state index contributed by atoms with van der Waals surface area (Å²) < 4.78 is 11.3. The molecule has 0 saturated heterocycles. The molecule has 0 aliphatic rings. The maximum absolute atomic E-state index is 12.5. The van der Waals surface area contributed by atoms with Crippen LogP contribution in [0.15, 0.2) is 42.5 Å². The lowest BCUT2D eigenvalue weighted by Crippen LogP contribution is -2.23. The average Bonchev–Trinajstić information content (AvgIpc) is 2.66. The molecule has 0 aliphatic carbocycles. The molecule has 2 aromatic rings. The molecule has 0 aromatic heterocycles. The van der Waals surface area contributed by atoms with Crippen molar-refractivity contribution in [1.82, 2.24) is 10.2 Å². The largest absolute Gasteiger partial charge is 0.490 e. The highest BCUT2D eigenvalue weighted by atomic mass is 16.5. The number of hydrogen-bond donors (Lipinski definition) is 1. The maximum atomic E-state index is 12.5. The molecular weight excluding hydrogens is 340 g/mol. The maximum Gasteiger partial charge on any atom is 0.251 e. The smallest absolute Gasteiger partial charge is 0.251 e. The summed E-state index contributed by atoms with van der Waals surface area (Å²) in [4.78, 5) is 14.6. The lowest BCUT2D eigenvalue weighted by Gasteiger charge is -2.13. The molecule has 0 spiro atoms. The van der Waals surface area contributed by atoms with E-state index in [2.05, 4.69) is 29.3 Å². The third-order valence-electron chi connectivity index (χ3n) is 3.94. The molecule has 0 bridgehead atoms. The van der Waals surface area contributed by atoms with Crippen molar-refractivity contribution < 1.29 is 14.3 Å². The molecule has 0 radical (unpaired) electrons. The van der Waals surface area contributed by atoms with Crippen molar-refractivity contribution in [3.8, 4) is 11.5 Å². The Morgan fingerprint density at radius 1 is 0.963 bits per heavy atom.